The number of likely N-dealkylation sites (tertiary alicyclic amines) is 1. The van der Waals surface area contributed by atoms with Gasteiger partial charge < -0.3 is 15.0 Å². The number of piperidine rings is 1. The summed E-state index contributed by atoms with van der Waals surface area (Å²) in [4.78, 5) is 14.2. The topological polar surface area (TPSA) is 41.6 Å². The SMILES string of the molecule is O=C(Nc1cccc(OCCF)c1)N1CCCC(c2ccc(F)c(F)c2)C1. The van der Waals surface area contributed by atoms with Crippen molar-refractivity contribution in [2.24, 2.45) is 0 Å². The van der Waals surface area contributed by atoms with Crippen molar-refractivity contribution in [3.8, 4) is 5.75 Å². The van der Waals surface area contributed by atoms with Gasteiger partial charge in [-0.3, -0.25) is 0 Å². The summed E-state index contributed by atoms with van der Waals surface area (Å²) in [5, 5.41) is 2.80. The number of alkyl halides is 1. The molecule has 1 heterocycles. The molecule has 0 saturated carbocycles. The molecular formula is C20H21F3N2O2. The lowest BCUT2D eigenvalue weighted by Gasteiger charge is -2.33. The number of halogens is 3. The zero-order valence-electron chi connectivity index (χ0n) is 14.8. The minimum absolute atomic E-state index is 0.0422. The smallest absolute Gasteiger partial charge is 0.321 e. The Morgan fingerprint density at radius 2 is 2.04 bits per heavy atom. The molecule has 2 aromatic rings. The molecule has 2 amide bonds. The summed E-state index contributed by atoms with van der Waals surface area (Å²) in [6.07, 6.45) is 1.58. The van der Waals surface area contributed by atoms with Crippen LogP contribution in [0.5, 0.6) is 5.75 Å². The normalized spacial score (nSPS) is 16.9. The third-order valence-electron chi connectivity index (χ3n) is 4.55. The van der Waals surface area contributed by atoms with Crippen LogP contribution in [0.1, 0.15) is 24.3 Å². The summed E-state index contributed by atoms with van der Waals surface area (Å²) in [5.41, 5.74) is 1.24. The van der Waals surface area contributed by atoms with Crippen LogP contribution in [0.2, 0.25) is 0 Å². The second-order valence-electron chi connectivity index (χ2n) is 6.45. The van der Waals surface area contributed by atoms with Gasteiger partial charge in [-0.1, -0.05) is 12.1 Å². The van der Waals surface area contributed by atoms with Gasteiger partial charge in [0.15, 0.2) is 11.6 Å². The number of nitrogens with one attached hydrogen (secondary N) is 1. The monoisotopic (exact) mass is 378 g/mol. The number of amides is 2. The van der Waals surface area contributed by atoms with Crippen molar-refractivity contribution in [3.05, 3.63) is 59.7 Å². The zero-order valence-corrected chi connectivity index (χ0v) is 14.8. The third-order valence-corrected chi connectivity index (χ3v) is 4.55. The van der Waals surface area contributed by atoms with Gasteiger partial charge in [-0.05, 0) is 42.7 Å². The van der Waals surface area contributed by atoms with E-state index >= 15 is 0 Å². The first-order valence-electron chi connectivity index (χ1n) is 8.86. The molecule has 1 aliphatic heterocycles. The van der Waals surface area contributed by atoms with Crippen LogP contribution in [0.4, 0.5) is 23.7 Å². The maximum Gasteiger partial charge on any atom is 0.321 e. The molecule has 4 nitrogen and oxygen atoms in total. The first kappa shape index (κ1) is 19.1. The summed E-state index contributed by atoms with van der Waals surface area (Å²) < 4.78 is 44.1. The van der Waals surface area contributed by atoms with Gasteiger partial charge in [0.05, 0.1) is 0 Å². The average Bonchev–Trinajstić information content (AvgIpc) is 2.69. The predicted molar refractivity (Wildman–Crippen MR) is 96.8 cm³/mol. The second-order valence-corrected chi connectivity index (χ2v) is 6.45. The Morgan fingerprint density at radius 1 is 1.19 bits per heavy atom. The van der Waals surface area contributed by atoms with Gasteiger partial charge in [-0.15, -0.1) is 0 Å². The Kier molecular flexibility index (Phi) is 6.21. The molecule has 27 heavy (non-hydrogen) atoms. The number of carbonyl (C=O) groups is 1. The van der Waals surface area contributed by atoms with Crippen LogP contribution < -0.4 is 10.1 Å². The molecule has 0 aromatic heterocycles. The van der Waals surface area contributed by atoms with Crippen molar-refractivity contribution >= 4 is 11.7 Å². The molecule has 1 aliphatic rings. The first-order chi connectivity index (χ1) is 13.1. The van der Waals surface area contributed by atoms with Crippen molar-refractivity contribution < 1.29 is 22.7 Å². The lowest BCUT2D eigenvalue weighted by molar-refractivity contribution is 0.192. The molecule has 0 aliphatic carbocycles. The highest BCUT2D eigenvalue weighted by molar-refractivity contribution is 5.89. The van der Waals surface area contributed by atoms with Crippen LogP contribution >= 0.6 is 0 Å². The van der Waals surface area contributed by atoms with Crippen molar-refractivity contribution in [2.75, 3.05) is 31.7 Å². The molecule has 0 bridgehead atoms. The summed E-state index contributed by atoms with van der Waals surface area (Å²) in [7, 11) is 0. The van der Waals surface area contributed by atoms with Gasteiger partial charge in [0, 0.05) is 30.8 Å². The molecule has 1 unspecified atom stereocenters. The van der Waals surface area contributed by atoms with E-state index < -0.39 is 18.3 Å². The molecule has 2 aromatic carbocycles. The molecule has 0 spiro atoms. The minimum atomic E-state index is -0.876. The quantitative estimate of drug-likeness (QED) is 0.818. The van der Waals surface area contributed by atoms with E-state index in [0.29, 0.717) is 30.1 Å². The Hall–Kier alpha value is -2.70. The fourth-order valence-electron chi connectivity index (χ4n) is 3.22. The van der Waals surface area contributed by atoms with Crippen molar-refractivity contribution in [3.63, 3.8) is 0 Å². The standard InChI is InChI=1S/C20H21F3N2O2/c21-8-10-27-17-5-1-4-16(12-17)24-20(26)25-9-2-3-15(13-25)14-6-7-18(22)19(23)11-14/h1,4-7,11-12,15H,2-3,8-10,13H2,(H,24,26). The van der Waals surface area contributed by atoms with Crippen molar-refractivity contribution in [2.45, 2.75) is 18.8 Å². The van der Waals surface area contributed by atoms with E-state index in [1.807, 2.05) is 0 Å². The minimum Gasteiger partial charge on any atom is -0.491 e. The molecule has 3 rings (SSSR count). The first-order valence-corrected chi connectivity index (χ1v) is 8.86. The number of hydrogen-bond acceptors (Lipinski definition) is 2. The van der Waals surface area contributed by atoms with Crippen LogP contribution in [-0.4, -0.2) is 37.3 Å². The highest BCUT2D eigenvalue weighted by Crippen LogP contribution is 2.28. The summed E-state index contributed by atoms with van der Waals surface area (Å²) >= 11 is 0. The number of hydrogen-bond donors (Lipinski definition) is 1. The van der Waals surface area contributed by atoms with E-state index in [4.69, 9.17) is 4.74 Å². The van der Waals surface area contributed by atoms with Gasteiger partial charge in [-0.25, -0.2) is 18.0 Å². The lowest BCUT2D eigenvalue weighted by atomic mass is 9.90. The highest BCUT2D eigenvalue weighted by atomic mass is 19.2. The average molecular weight is 378 g/mol. The number of rotatable bonds is 5. The molecule has 1 fully saturated rings. The number of urea groups is 1. The Bertz CT molecular complexity index is 801. The molecule has 1 atom stereocenters. The van der Waals surface area contributed by atoms with Crippen LogP contribution in [0.25, 0.3) is 0 Å². The number of anilines is 1. The van der Waals surface area contributed by atoms with Crippen molar-refractivity contribution in [1.82, 2.24) is 4.90 Å². The Balaban J connectivity index is 1.63. The number of carbonyl (C=O) groups excluding carboxylic acids is 1. The predicted octanol–water partition coefficient (Wildman–Crippen LogP) is 4.72. The number of ether oxygens (including phenoxy) is 1. The summed E-state index contributed by atoms with van der Waals surface area (Å²) in [5.74, 6) is -1.32. The maximum absolute atomic E-state index is 13.5. The third kappa shape index (κ3) is 4.93. The molecule has 7 heteroatoms. The Morgan fingerprint density at radius 3 is 2.81 bits per heavy atom. The van der Waals surface area contributed by atoms with Crippen molar-refractivity contribution in [1.29, 1.82) is 0 Å². The van der Waals surface area contributed by atoms with E-state index in [0.717, 1.165) is 18.9 Å². The van der Waals surface area contributed by atoms with Gasteiger partial charge in [0.25, 0.3) is 0 Å². The largest absolute Gasteiger partial charge is 0.491 e. The summed E-state index contributed by atoms with van der Waals surface area (Å²) in [6.45, 7) is 0.383. The second kappa shape index (κ2) is 8.79. The zero-order chi connectivity index (χ0) is 19.2. The molecule has 1 saturated heterocycles. The van der Waals surface area contributed by atoms with E-state index in [1.54, 1.807) is 35.2 Å². The maximum atomic E-state index is 13.5. The van der Waals surface area contributed by atoms with Gasteiger partial charge >= 0.3 is 6.03 Å². The van der Waals surface area contributed by atoms with Gasteiger partial charge in [-0.2, -0.15) is 0 Å². The number of benzene rings is 2. The van der Waals surface area contributed by atoms with Crippen LogP contribution in [0, 0.1) is 11.6 Å². The summed E-state index contributed by atoms with van der Waals surface area (Å²) in [6, 6.07) is 10.4. The molecule has 144 valence electrons. The van der Waals surface area contributed by atoms with E-state index in [1.165, 1.54) is 6.07 Å². The molecular weight excluding hydrogens is 357 g/mol. The van der Waals surface area contributed by atoms with Crippen LogP contribution in [0.15, 0.2) is 42.5 Å². The van der Waals surface area contributed by atoms with E-state index in [2.05, 4.69) is 5.32 Å². The van der Waals surface area contributed by atoms with Gasteiger partial charge in [0.2, 0.25) is 0 Å². The van der Waals surface area contributed by atoms with E-state index in [-0.39, 0.29) is 18.6 Å². The Labute approximate surface area is 155 Å². The van der Waals surface area contributed by atoms with Gasteiger partial charge in [0.1, 0.15) is 19.0 Å². The number of nitrogens with zero attached hydrogens (tertiary/aromatic N) is 1. The van der Waals surface area contributed by atoms with Crippen LogP contribution in [0.3, 0.4) is 0 Å². The van der Waals surface area contributed by atoms with E-state index in [9.17, 15) is 18.0 Å². The van der Waals surface area contributed by atoms with Crippen LogP contribution in [-0.2, 0) is 0 Å². The molecule has 1 N–H and O–H groups in total. The fraction of sp³-hybridized carbons (Fsp3) is 0.350. The fourth-order valence-corrected chi connectivity index (χ4v) is 3.22. The lowest BCUT2D eigenvalue weighted by Crippen LogP contribution is -2.41. The molecule has 0 radical (unpaired) electrons. The highest BCUT2D eigenvalue weighted by Gasteiger charge is 2.25.